The Hall–Kier alpha value is -1.44. The standard InChI is InChI=1S/C20H19BrFNO2S2/c1-11(2)12-4-6-17-16(7-12)23(20(26)18(27-17)9-19(24)25)10-13-3-5-14(21)8-15(13)22/h3-8,11,18H,9-10H2,1-2H3,(H,24,25). The lowest BCUT2D eigenvalue weighted by atomic mass is 10.0. The molecule has 0 fully saturated rings. The second-order valence-electron chi connectivity index (χ2n) is 6.75. The van der Waals surface area contributed by atoms with Crippen LogP contribution in [0.4, 0.5) is 10.1 Å². The number of benzene rings is 2. The van der Waals surface area contributed by atoms with Crippen LogP contribution in [0.1, 0.15) is 37.3 Å². The smallest absolute Gasteiger partial charge is 0.304 e. The fraction of sp³-hybridized carbons (Fsp3) is 0.300. The Morgan fingerprint density at radius 3 is 2.70 bits per heavy atom. The van der Waals surface area contributed by atoms with E-state index < -0.39 is 5.97 Å². The highest BCUT2D eigenvalue weighted by atomic mass is 79.9. The van der Waals surface area contributed by atoms with E-state index >= 15 is 0 Å². The Bertz CT molecular complexity index is 904. The Morgan fingerprint density at radius 2 is 2.07 bits per heavy atom. The third-order valence-electron chi connectivity index (χ3n) is 4.45. The molecule has 1 heterocycles. The van der Waals surface area contributed by atoms with Crippen molar-refractivity contribution in [3.8, 4) is 0 Å². The summed E-state index contributed by atoms with van der Waals surface area (Å²) >= 11 is 10.4. The Morgan fingerprint density at radius 1 is 1.33 bits per heavy atom. The highest BCUT2D eigenvalue weighted by Gasteiger charge is 2.32. The van der Waals surface area contributed by atoms with Crippen molar-refractivity contribution >= 4 is 56.6 Å². The van der Waals surface area contributed by atoms with Crippen LogP contribution in [0.15, 0.2) is 45.8 Å². The van der Waals surface area contributed by atoms with Gasteiger partial charge in [-0.3, -0.25) is 4.79 Å². The summed E-state index contributed by atoms with van der Waals surface area (Å²) in [6.45, 7) is 4.49. The molecule has 0 saturated carbocycles. The molecular weight excluding hydrogens is 449 g/mol. The number of anilines is 1. The van der Waals surface area contributed by atoms with Crippen molar-refractivity contribution in [2.45, 2.75) is 42.9 Å². The van der Waals surface area contributed by atoms with Crippen LogP contribution in [-0.2, 0) is 11.3 Å². The molecule has 0 amide bonds. The van der Waals surface area contributed by atoms with E-state index in [1.807, 2.05) is 11.0 Å². The summed E-state index contributed by atoms with van der Waals surface area (Å²) in [7, 11) is 0. The Kier molecular flexibility index (Phi) is 6.23. The number of rotatable bonds is 5. The van der Waals surface area contributed by atoms with E-state index in [1.54, 1.807) is 12.1 Å². The minimum atomic E-state index is -0.896. The van der Waals surface area contributed by atoms with Gasteiger partial charge in [0.15, 0.2) is 0 Å². The van der Waals surface area contributed by atoms with E-state index in [0.29, 0.717) is 20.9 Å². The fourth-order valence-corrected chi connectivity index (χ4v) is 4.89. The molecule has 3 nitrogen and oxygen atoms in total. The van der Waals surface area contributed by atoms with Crippen LogP contribution in [0, 0.1) is 5.82 Å². The molecule has 27 heavy (non-hydrogen) atoms. The zero-order valence-electron chi connectivity index (χ0n) is 14.9. The van der Waals surface area contributed by atoms with Crippen molar-refractivity contribution in [3.63, 3.8) is 0 Å². The van der Waals surface area contributed by atoms with Gasteiger partial charge in [-0.1, -0.05) is 54.1 Å². The van der Waals surface area contributed by atoms with Gasteiger partial charge >= 0.3 is 5.97 Å². The Labute approximate surface area is 176 Å². The number of carboxylic acid groups (broad SMARTS) is 1. The lowest BCUT2D eigenvalue weighted by Gasteiger charge is -2.36. The number of hydrogen-bond acceptors (Lipinski definition) is 3. The van der Waals surface area contributed by atoms with Crippen LogP contribution in [0.25, 0.3) is 0 Å². The summed E-state index contributed by atoms with van der Waals surface area (Å²) in [5.74, 6) is -0.870. The van der Waals surface area contributed by atoms with Crippen LogP contribution in [0.5, 0.6) is 0 Å². The highest BCUT2D eigenvalue weighted by Crippen LogP contribution is 2.43. The maximum Gasteiger partial charge on any atom is 0.304 e. The summed E-state index contributed by atoms with van der Waals surface area (Å²) < 4.78 is 15.1. The first-order valence-corrected chi connectivity index (χ1v) is 10.6. The van der Waals surface area contributed by atoms with Gasteiger partial charge in [-0.2, -0.15) is 0 Å². The van der Waals surface area contributed by atoms with Gasteiger partial charge in [-0.05, 0) is 35.7 Å². The molecule has 1 N–H and O–H groups in total. The third kappa shape index (κ3) is 4.52. The van der Waals surface area contributed by atoms with Crippen LogP contribution in [0.2, 0.25) is 0 Å². The van der Waals surface area contributed by atoms with Crippen LogP contribution in [0.3, 0.4) is 0 Å². The predicted molar refractivity (Wildman–Crippen MR) is 115 cm³/mol. The van der Waals surface area contributed by atoms with Crippen molar-refractivity contribution in [1.29, 1.82) is 0 Å². The molecule has 1 aliphatic heterocycles. The van der Waals surface area contributed by atoms with E-state index in [1.165, 1.54) is 17.8 Å². The second-order valence-corrected chi connectivity index (χ2v) is 9.32. The van der Waals surface area contributed by atoms with Crippen LogP contribution in [-0.4, -0.2) is 21.3 Å². The summed E-state index contributed by atoms with van der Waals surface area (Å²) in [4.78, 5) is 14.6. The molecule has 3 rings (SSSR count). The average Bonchev–Trinajstić information content (AvgIpc) is 2.59. The van der Waals surface area contributed by atoms with E-state index in [2.05, 4.69) is 41.9 Å². The highest BCUT2D eigenvalue weighted by molar-refractivity contribution is 9.10. The van der Waals surface area contributed by atoms with Gasteiger partial charge in [0.05, 0.1) is 28.9 Å². The number of fused-ring (bicyclic) bond motifs is 1. The summed E-state index contributed by atoms with van der Waals surface area (Å²) in [5.41, 5.74) is 2.60. The van der Waals surface area contributed by atoms with Gasteiger partial charge in [0.25, 0.3) is 0 Å². The lowest BCUT2D eigenvalue weighted by molar-refractivity contribution is -0.136. The molecule has 2 aromatic carbocycles. The minimum Gasteiger partial charge on any atom is -0.481 e. The van der Waals surface area contributed by atoms with E-state index in [-0.39, 0.29) is 24.0 Å². The number of nitrogens with zero attached hydrogens (tertiary/aromatic N) is 1. The first-order valence-electron chi connectivity index (χ1n) is 8.54. The van der Waals surface area contributed by atoms with E-state index in [9.17, 15) is 14.3 Å². The number of thioether (sulfide) groups is 1. The SMILES string of the molecule is CC(C)c1ccc2c(c1)N(Cc1ccc(Br)cc1F)C(=S)C(CC(=O)O)S2. The quantitative estimate of drug-likeness (QED) is 0.546. The molecule has 142 valence electrons. The van der Waals surface area contributed by atoms with Crippen molar-refractivity contribution in [3.05, 3.63) is 57.8 Å². The maximum absolute atomic E-state index is 14.4. The molecule has 0 spiro atoms. The minimum absolute atomic E-state index is 0.0613. The molecule has 7 heteroatoms. The molecule has 1 unspecified atom stereocenters. The van der Waals surface area contributed by atoms with Gasteiger partial charge in [-0.25, -0.2) is 4.39 Å². The molecular formula is C20H19BrFNO2S2. The molecule has 0 bridgehead atoms. The van der Waals surface area contributed by atoms with Crippen molar-refractivity contribution in [2.75, 3.05) is 4.90 Å². The molecule has 1 aliphatic rings. The zero-order chi connectivity index (χ0) is 19.7. The number of carboxylic acids is 1. The van der Waals surface area contributed by atoms with Gasteiger partial charge in [0.1, 0.15) is 5.82 Å². The van der Waals surface area contributed by atoms with Crippen molar-refractivity contribution in [1.82, 2.24) is 0 Å². The normalized spacial score (nSPS) is 16.6. The number of hydrogen-bond donors (Lipinski definition) is 1. The monoisotopic (exact) mass is 467 g/mol. The van der Waals surface area contributed by atoms with Crippen molar-refractivity contribution < 1.29 is 14.3 Å². The molecule has 1 atom stereocenters. The maximum atomic E-state index is 14.4. The first kappa shape index (κ1) is 20.3. The van der Waals surface area contributed by atoms with Crippen LogP contribution < -0.4 is 4.90 Å². The van der Waals surface area contributed by atoms with Gasteiger partial charge in [-0.15, -0.1) is 11.8 Å². The zero-order valence-corrected chi connectivity index (χ0v) is 18.1. The van der Waals surface area contributed by atoms with Gasteiger partial charge < -0.3 is 10.0 Å². The van der Waals surface area contributed by atoms with Crippen molar-refractivity contribution in [2.24, 2.45) is 0 Å². The Balaban J connectivity index is 2.04. The fourth-order valence-electron chi connectivity index (χ4n) is 2.97. The average molecular weight is 468 g/mol. The lowest BCUT2D eigenvalue weighted by Crippen LogP contribution is -2.40. The summed E-state index contributed by atoms with van der Waals surface area (Å²) in [5, 5.41) is 8.89. The molecule has 0 radical (unpaired) electrons. The first-order chi connectivity index (χ1) is 12.8. The topological polar surface area (TPSA) is 40.5 Å². The number of halogens is 2. The molecule has 0 aromatic heterocycles. The van der Waals surface area contributed by atoms with E-state index in [4.69, 9.17) is 12.2 Å². The van der Waals surface area contributed by atoms with E-state index in [0.717, 1.165) is 16.1 Å². The molecule has 0 saturated heterocycles. The van der Waals surface area contributed by atoms with Crippen LogP contribution >= 0.6 is 39.9 Å². The van der Waals surface area contributed by atoms with Gasteiger partial charge in [0, 0.05) is 14.9 Å². The number of thiocarbonyl (C=S) groups is 1. The predicted octanol–water partition coefficient (Wildman–Crippen LogP) is 5.99. The number of carbonyl (C=O) groups is 1. The summed E-state index contributed by atoms with van der Waals surface area (Å²) in [6.07, 6.45) is -0.0613. The third-order valence-corrected chi connectivity index (χ3v) is 6.88. The molecule has 0 aliphatic carbocycles. The molecule has 2 aromatic rings. The largest absolute Gasteiger partial charge is 0.481 e. The summed E-state index contributed by atoms with van der Waals surface area (Å²) in [6, 6.07) is 11.1. The van der Waals surface area contributed by atoms with Gasteiger partial charge in [0.2, 0.25) is 0 Å². The second kappa shape index (κ2) is 8.29. The number of aliphatic carboxylic acids is 1.